The third-order valence-corrected chi connectivity index (χ3v) is 6.01. The second kappa shape index (κ2) is 7.39. The zero-order valence-corrected chi connectivity index (χ0v) is 14.9. The first-order chi connectivity index (χ1) is 10.2. The molecule has 3 heterocycles. The van der Waals surface area contributed by atoms with Crippen molar-refractivity contribution in [3.63, 3.8) is 0 Å². The normalized spacial score (nSPS) is 29.4. The summed E-state index contributed by atoms with van der Waals surface area (Å²) in [6.07, 6.45) is 4.21. The van der Waals surface area contributed by atoms with Crippen molar-refractivity contribution in [2.45, 2.75) is 37.8 Å². The molecule has 1 N–H and O–H groups in total. The van der Waals surface area contributed by atoms with Crippen molar-refractivity contribution >= 4 is 21.1 Å². The van der Waals surface area contributed by atoms with Gasteiger partial charge in [-0.05, 0) is 0 Å². The maximum atomic E-state index is 9.82. The minimum atomic E-state index is -0.175. The molecule has 0 bridgehead atoms. The second-order valence-electron chi connectivity index (χ2n) is 5.71. The van der Waals surface area contributed by atoms with Gasteiger partial charge in [0, 0.05) is 0 Å². The molecular weight excluding hydrogens is 403 g/mol. The van der Waals surface area contributed by atoms with Gasteiger partial charge in [-0.1, -0.05) is 0 Å². The van der Waals surface area contributed by atoms with Gasteiger partial charge in [-0.3, -0.25) is 0 Å². The molecule has 3 aliphatic heterocycles. The molecule has 0 amide bonds. The van der Waals surface area contributed by atoms with Gasteiger partial charge in [0.25, 0.3) is 0 Å². The molecule has 3 aliphatic rings. The predicted octanol–water partition coefficient (Wildman–Crippen LogP) is -1.57. The van der Waals surface area contributed by atoms with Crippen LogP contribution in [0.15, 0.2) is 19.9 Å². The summed E-state index contributed by atoms with van der Waals surface area (Å²) in [6.45, 7) is 4.01. The number of β-amino-alcohol motifs (C(OH)–C–C–N with tert-alkyl or cyclic N) is 1. The number of rotatable bonds is 2. The topological polar surface area (TPSA) is 51.4 Å². The number of aliphatic hydroxyl groups excluding tert-OH is 1. The summed E-state index contributed by atoms with van der Waals surface area (Å²) in [5, 5.41) is 10.2. The Kier molecular flexibility index (Phi) is 5.53. The van der Waals surface area contributed by atoms with Gasteiger partial charge in [-0.25, -0.2) is 0 Å². The van der Waals surface area contributed by atoms with Crippen LogP contribution in [0, 0.1) is 0 Å². The molecule has 1 atom stereocenters. The number of amidine groups is 1. The molecule has 0 saturated carbocycles. The molecule has 0 aromatic heterocycles. The van der Waals surface area contributed by atoms with E-state index in [0.29, 0.717) is 11.3 Å². The van der Waals surface area contributed by atoms with Crippen LogP contribution < -0.4 is 21.2 Å². The molecule has 0 radical (unpaired) electrons. The molecule has 21 heavy (non-hydrogen) atoms. The molecule has 1 unspecified atom stereocenters. The van der Waals surface area contributed by atoms with E-state index < -0.39 is 0 Å². The zero-order chi connectivity index (χ0) is 14.7. The van der Waals surface area contributed by atoms with Gasteiger partial charge in [0.2, 0.25) is 0 Å². The number of hydrogen-bond acceptors (Lipinski definition) is 5. The SMILES string of the molecule is OC1CCCN(C2CCN(C3=C[I-]C=NC(Cl)=N3)CC2)C1. The Morgan fingerprint density at radius 1 is 1.24 bits per heavy atom. The third kappa shape index (κ3) is 4.18. The second-order valence-corrected chi connectivity index (χ2v) is 7.95. The molecule has 7 heteroatoms. The van der Waals surface area contributed by atoms with E-state index in [0.717, 1.165) is 57.7 Å². The van der Waals surface area contributed by atoms with Gasteiger partial charge in [0.05, 0.1) is 0 Å². The molecule has 0 spiro atoms. The van der Waals surface area contributed by atoms with E-state index >= 15 is 0 Å². The first-order valence-corrected chi connectivity index (χ1v) is 10.4. The fraction of sp³-hybridized carbons (Fsp3) is 0.714. The monoisotopic (exact) mass is 423 g/mol. The third-order valence-electron chi connectivity index (χ3n) is 4.31. The fourth-order valence-electron chi connectivity index (χ4n) is 3.22. The van der Waals surface area contributed by atoms with E-state index in [-0.39, 0.29) is 27.3 Å². The number of aliphatic hydroxyl groups is 1. The van der Waals surface area contributed by atoms with E-state index in [1.807, 2.05) is 4.22 Å². The number of aliphatic imine (C=N–C) groups is 2. The number of halogens is 2. The molecular formula is C14H21ClIN4O-. The predicted molar refractivity (Wildman–Crippen MR) is 81.3 cm³/mol. The Morgan fingerprint density at radius 2 is 2.05 bits per heavy atom. The maximum absolute atomic E-state index is 9.82. The Labute approximate surface area is 141 Å². The van der Waals surface area contributed by atoms with E-state index in [1.54, 1.807) is 0 Å². The van der Waals surface area contributed by atoms with Gasteiger partial charge in [-0.15, -0.1) is 0 Å². The Morgan fingerprint density at radius 3 is 2.81 bits per heavy atom. The van der Waals surface area contributed by atoms with Gasteiger partial charge in [0.1, 0.15) is 0 Å². The van der Waals surface area contributed by atoms with Crippen molar-refractivity contribution in [3.05, 3.63) is 9.90 Å². The van der Waals surface area contributed by atoms with Crippen molar-refractivity contribution in [3.8, 4) is 0 Å². The Hall–Kier alpha value is -0.180. The van der Waals surface area contributed by atoms with Crippen molar-refractivity contribution < 1.29 is 26.3 Å². The number of hydrogen-bond donors (Lipinski definition) is 1. The molecule has 0 aromatic carbocycles. The molecule has 0 aromatic rings. The van der Waals surface area contributed by atoms with Crippen molar-refractivity contribution in [1.82, 2.24) is 9.80 Å². The van der Waals surface area contributed by atoms with E-state index in [9.17, 15) is 5.11 Å². The van der Waals surface area contributed by atoms with Crippen molar-refractivity contribution in [2.75, 3.05) is 26.2 Å². The van der Waals surface area contributed by atoms with E-state index in [1.165, 1.54) is 0 Å². The summed E-state index contributed by atoms with van der Waals surface area (Å²) < 4.78 is 4.10. The number of piperidine rings is 2. The summed E-state index contributed by atoms with van der Waals surface area (Å²) in [5.41, 5.74) is 0. The number of likely N-dealkylation sites (tertiary alicyclic amines) is 2. The van der Waals surface area contributed by atoms with E-state index in [2.05, 4.69) is 23.9 Å². The van der Waals surface area contributed by atoms with Crippen LogP contribution >= 0.6 is 11.6 Å². The zero-order valence-electron chi connectivity index (χ0n) is 12.0. The summed E-state index contributed by atoms with van der Waals surface area (Å²) >= 11 is 5.79. The van der Waals surface area contributed by atoms with Crippen LogP contribution in [0.5, 0.6) is 0 Å². The minimum absolute atomic E-state index is 0.133. The standard InChI is InChI=1S/C14H21ClIN4O/c15-14-17-10-16-8-13(18-14)19-6-3-11(4-7-19)20-5-1-2-12(21)9-20/h8,10-12,21H,1-7,9H2/q-1. The quantitative estimate of drug-likeness (QED) is 0.431. The van der Waals surface area contributed by atoms with Crippen LogP contribution in [0.1, 0.15) is 25.7 Å². The Balaban J connectivity index is 1.55. The van der Waals surface area contributed by atoms with Crippen LogP contribution in [0.4, 0.5) is 0 Å². The van der Waals surface area contributed by atoms with Gasteiger partial charge < -0.3 is 0 Å². The molecule has 2 saturated heterocycles. The molecule has 2 fully saturated rings. The van der Waals surface area contributed by atoms with Crippen molar-refractivity contribution in [1.29, 1.82) is 0 Å². The summed E-state index contributed by atoms with van der Waals surface area (Å²) in [7, 11) is 0. The van der Waals surface area contributed by atoms with Crippen LogP contribution in [0.3, 0.4) is 0 Å². The van der Waals surface area contributed by atoms with Gasteiger partial charge in [-0.2, -0.15) is 0 Å². The average Bonchev–Trinajstić information content (AvgIpc) is 2.72. The number of nitrogens with zero attached hydrogens (tertiary/aromatic N) is 4. The fourth-order valence-corrected chi connectivity index (χ4v) is 4.96. The summed E-state index contributed by atoms with van der Waals surface area (Å²) in [4.78, 5) is 13.3. The summed E-state index contributed by atoms with van der Waals surface area (Å²) in [6, 6.07) is 0.605. The van der Waals surface area contributed by atoms with Crippen LogP contribution in [0.25, 0.3) is 0 Å². The molecule has 5 nitrogen and oxygen atoms in total. The van der Waals surface area contributed by atoms with Crippen LogP contribution in [-0.4, -0.2) is 62.7 Å². The average molecular weight is 424 g/mol. The van der Waals surface area contributed by atoms with Crippen molar-refractivity contribution in [2.24, 2.45) is 9.98 Å². The Bertz CT molecular complexity index is 460. The molecule has 0 aliphatic carbocycles. The first kappa shape index (κ1) is 15.7. The molecule has 118 valence electrons. The van der Waals surface area contributed by atoms with Gasteiger partial charge in [0.15, 0.2) is 0 Å². The van der Waals surface area contributed by atoms with E-state index in [4.69, 9.17) is 11.6 Å². The molecule has 3 rings (SSSR count). The van der Waals surface area contributed by atoms with Crippen LogP contribution in [0.2, 0.25) is 0 Å². The van der Waals surface area contributed by atoms with Gasteiger partial charge >= 0.3 is 141 Å². The van der Waals surface area contributed by atoms with Crippen LogP contribution in [-0.2, 0) is 0 Å². The first-order valence-electron chi connectivity index (χ1n) is 7.48. The summed E-state index contributed by atoms with van der Waals surface area (Å²) in [5.74, 6) is 1.00.